The summed E-state index contributed by atoms with van der Waals surface area (Å²) in [5.74, 6) is 1.73. The summed E-state index contributed by atoms with van der Waals surface area (Å²) in [5.41, 5.74) is 8.00. The minimum absolute atomic E-state index is 0.190. The minimum Gasteiger partial charge on any atom is -0.356 e. The number of benzene rings is 2. The van der Waals surface area contributed by atoms with Gasteiger partial charge in [-0.2, -0.15) is 0 Å². The van der Waals surface area contributed by atoms with Gasteiger partial charge >= 0.3 is 0 Å². The van der Waals surface area contributed by atoms with Crippen LogP contribution in [0, 0.1) is 11.8 Å². The highest BCUT2D eigenvalue weighted by Crippen LogP contribution is 2.48. The van der Waals surface area contributed by atoms with Crippen molar-refractivity contribution in [3.63, 3.8) is 0 Å². The molecule has 6 heteroatoms. The van der Waals surface area contributed by atoms with Gasteiger partial charge in [-0.1, -0.05) is 67.1 Å². The Kier molecular flexibility index (Phi) is 10.6. The SMILES string of the molecule is NCCCCNC(=O)[C@@H]1C[C@H]1c1ccccc1.O=C(NCCN1CCCCC1)C1CC1c1ccccc1. The second-order valence-corrected chi connectivity index (χ2v) is 10.7. The summed E-state index contributed by atoms with van der Waals surface area (Å²) in [6.07, 6.45) is 7.95. The van der Waals surface area contributed by atoms with Gasteiger partial charge in [0.25, 0.3) is 0 Å². The van der Waals surface area contributed by atoms with E-state index in [0.29, 0.717) is 18.4 Å². The Bertz CT molecular complexity index is 962. The number of piperidine rings is 1. The van der Waals surface area contributed by atoms with Crippen LogP contribution in [0.3, 0.4) is 0 Å². The average molecular weight is 505 g/mol. The van der Waals surface area contributed by atoms with Gasteiger partial charge in [-0.25, -0.2) is 0 Å². The first-order valence-electron chi connectivity index (χ1n) is 14.2. The lowest BCUT2D eigenvalue weighted by Crippen LogP contribution is -2.38. The summed E-state index contributed by atoms with van der Waals surface area (Å²) in [6.45, 7) is 5.67. The van der Waals surface area contributed by atoms with Gasteiger partial charge in [0, 0.05) is 31.5 Å². The Balaban J connectivity index is 0.000000176. The molecule has 3 fully saturated rings. The summed E-state index contributed by atoms with van der Waals surface area (Å²) in [6, 6.07) is 20.7. The molecular formula is C31H44N4O2. The topological polar surface area (TPSA) is 87.5 Å². The fourth-order valence-corrected chi connectivity index (χ4v) is 5.37. The summed E-state index contributed by atoms with van der Waals surface area (Å²) >= 11 is 0. The molecule has 0 radical (unpaired) electrons. The first-order valence-corrected chi connectivity index (χ1v) is 14.2. The first-order chi connectivity index (χ1) is 18.2. The highest BCUT2D eigenvalue weighted by Gasteiger charge is 2.44. The number of hydrogen-bond acceptors (Lipinski definition) is 4. The maximum Gasteiger partial charge on any atom is 0.223 e. The molecule has 2 unspecified atom stereocenters. The number of nitrogens with one attached hydrogen (secondary N) is 2. The van der Waals surface area contributed by atoms with Crippen LogP contribution in [0.25, 0.3) is 0 Å². The Morgan fingerprint density at radius 2 is 1.24 bits per heavy atom. The third-order valence-corrected chi connectivity index (χ3v) is 7.82. The van der Waals surface area contributed by atoms with E-state index in [9.17, 15) is 9.59 Å². The second kappa shape index (κ2) is 14.3. The lowest BCUT2D eigenvalue weighted by atomic mass is 10.1. The van der Waals surface area contributed by atoms with E-state index in [0.717, 1.165) is 45.3 Å². The maximum absolute atomic E-state index is 12.1. The van der Waals surface area contributed by atoms with Crippen LogP contribution in [-0.4, -0.2) is 56.0 Å². The molecule has 200 valence electrons. The smallest absolute Gasteiger partial charge is 0.223 e. The molecular weight excluding hydrogens is 460 g/mol. The van der Waals surface area contributed by atoms with Gasteiger partial charge in [-0.3, -0.25) is 9.59 Å². The van der Waals surface area contributed by atoms with Crippen molar-refractivity contribution in [3.8, 4) is 0 Å². The lowest BCUT2D eigenvalue weighted by Gasteiger charge is -2.26. The number of nitrogens with zero attached hydrogens (tertiary/aromatic N) is 1. The van der Waals surface area contributed by atoms with Crippen molar-refractivity contribution >= 4 is 11.8 Å². The van der Waals surface area contributed by atoms with E-state index in [1.54, 1.807) is 0 Å². The van der Waals surface area contributed by atoms with Gasteiger partial charge in [0.2, 0.25) is 11.8 Å². The monoisotopic (exact) mass is 504 g/mol. The van der Waals surface area contributed by atoms with Crippen molar-refractivity contribution in [2.75, 3.05) is 39.3 Å². The lowest BCUT2D eigenvalue weighted by molar-refractivity contribution is -0.123. The molecule has 2 saturated carbocycles. The van der Waals surface area contributed by atoms with Crippen LogP contribution >= 0.6 is 0 Å². The molecule has 4 N–H and O–H groups in total. The maximum atomic E-state index is 12.1. The highest BCUT2D eigenvalue weighted by atomic mass is 16.2. The number of amides is 2. The van der Waals surface area contributed by atoms with Crippen LogP contribution in [0.1, 0.15) is 67.9 Å². The van der Waals surface area contributed by atoms with Crippen LogP contribution in [0.2, 0.25) is 0 Å². The molecule has 2 aromatic carbocycles. The summed E-state index contributed by atoms with van der Waals surface area (Å²) < 4.78 is 0. The Labute approximate surface area is 222 Å². The Morgan fingerprint density at radius 3 is 1.76 bits per heavy atom. The molecule has 0 aromatic heterocycles. The highest BCUT2D eigenvalue weighted by molar-refractivity contribution is 5.83. The number of carbonyl (C=O) groups is 2. The van der Waals surface area contributed by atoms with Crippen molar-refractivity contribution in [3.05, 3.63) is 71.8 Å². The average Bonchev–Trinajstić information content (AvgIpc) is 3.87. The molecule has 3 aliphatic rings. The van der Waals surface area contributed by atoms with Crippen molar-refractivity contribution in [1.82, 2.24) is 15.5 Å². The van der Waals surface area contributed by atoms with Gasteiger partial charge < -0.3 is 21.3 Å². The molecule has 2 amide bonds. The van der Waals surface area contributed by atoms with E-state index in [1.807, 2.05) is 24.3 Å². The van der Waals surface area contributed by atoms with Gasteiger partial charge in [-0.05, 0) is 81.1 Å². The third-order valence-electron chi connectivity index (χ3n) is 7.82. The van der Waals surface area contributed by atoms with Gasteiger partial charge in [0.15, 0.2) is 0 Å². The second-order valence-electron chi connectivity index (χ2n) is 10.7. The van der Waals surface area contributed by atoms with Crippen LogP contribution in [-0.2, 0) is 9.59 Å². The van der Waals surface area contributed by atoms with Crippen molar-refractivity contribution < 1.29 is 9.59 Å². The predicted molar refractivity (Wildman–Crippen MR) is 149 cm³/mol. The van der Waals surface area contributed by atoms with Crippen LogP contribution < -0.4 is 16.4 Å². The summed E-state index contributed by atoms with van der Waals surface area (Å²) in [5, 5.41) is 6.10. The molecule has 6 nitrogen and oxygen atoms in total. The molecule has 1 heterocycles. The molecule has 37 heavy (non-hydrogen) atoms. The predicted octanol–water partition coefficient (Wildman–Crippen LogP) is 4.04. The number of carbonyl (C=O) groups excluding carboxylic acids is 2. The molecule has 1 aliphatic heterocycles. The van der Waals surface area contributed by atoms with Crippen LogP contribution in [0.5, 0.6) is 0 Å². The van der Waals surface area contributed by atoms with E-state index in [1.165, 1.54) is 43.5 Å². The number of likely N-dealkylation sites (tertiary alicyclic amines) is 1. The van der Waals surface area contributed by atoms with Crippen molar-refractivity contribution in [2.45, 2.75) is 56.8 Å². The van der Waals surface area contributed by atoms with E-state index in [-0.39, 0.29) is 23.7 Å². The van der Waals surface area contributed by atoms with E-state index in [4.69, 9.17) is 5.73 Å². The summed E-state index contributed by atoms with van der Waals surface area (Å²) in [4.78, 5) is 26.4. The van der Waals surface area contributed by atoms with Crippen molar-refractivity contribution in [2.24, 2.45) is 17.6 Å². The molecule has 2 aliphatic carbocycles. The van der Waals surface area contributed by atoms with E-state index in [2.05, 4.69) is 51.9 Å². The zero-order valence-corrected chi connectivity index (χ0v) is 22.1. The molecule has 0 spiro atoms. The normalized spacial score (nSPS) is 24.4. The Hall–Kier alpha value is -2.70. The molecule has 1 saturated heterocycles. The first kappa shape index (κ1) is 27.3. The minimum atomic E-state index is 0.190. The zero-order chi connectivity index (χ0) is 25.9. The Morgan fingerprint density at radius 1 is 0.730 bits per heavy atom. The van der Waals surface area contributed by atoms with Gasteiger partial charge in [0.05, 0.1) is 0 Å². The van der Waals surface area contributed by atoms with Gasteiger partial charge in [0.1, 0.15) is 0 Å². The fraction of sp³-hybridized carbons (Fsp3) is 0.548. The summed E-state index contributed by atoms with van der Waals surface area (Å²) in [7, 11) is 0. The van der Waals surface area contributed by atoms with E-state index >= 15 is 0 Å². The zero-order valence-electron chi connectivity index (χ0n) is 22.1. The fourth-order valence-electron chi connectivity index (χ4n) is 5.37. The van der Waals surface area contributed by atoms with Gasteiger partial charge in [-0.15, -0.1) is 0 Å². The van der Waals surface area contributed by atoms with Crippen molar-refractivity contribution in [1.29, 1.82) is 0 Å². The number of unbranched alkanes of at least 4 members (excludes halogenated alkanes) is 1. The number of hydrogen-bond donors (Lipinski definition) is 3. The molecule has 4 atom stereocenters. The molecule has 5 rings (SSSR count). The molecule has 0 bridgehead atoms. The number of rotatable bonds is 11. The van der Waals surface area contributed by atoms with Crippen LogP contribution in [0.15, 0.2) is 60.7 Å². The van der Waals surface area contributed by atoms with E-state index < -0.39 is 0 Å². The number of nitrogens with two attached hydrogens (primary N) is 1. The standard InChI is InChI=1S/C17H24N2O.C14H20N2O/c20-17(18-9-12-19-10-5-2-6-11-19)16-13-15(16)14-7-3-1-4-8-14;15-8-4-5-9-16-14(17)13-10-12(13)11-6-2-1-3-7-11/h1,3-4,7-8,15-16H,2,5-6,9-13H2,(H,18,20);1-3,6-7,12-13H,4-5,8-10,15H2,(H,16,17)/t;12-,13+/m.0/s1. The molecule has 2 aromatic rings. The quantitative estimate of drug-likeness (QED) is 0.403. The van der Waals surface area contributed by atoms with Crippen LogP contribution in [0.4, 0.5) is 0 Å². The third kappa shape index (κ3) is 8.68. The largest absolute Gasteiger partial charge is 0.356 e.